The van der Waals surface area contributed by atoms with Crippen molar-refractivity contribution >= 4 is 67.9 Å². The first-order valence-corrected chi connectivity index (χ1v) is 11.7. The maximum Gasteiger partial charge on any atom is 0.261 e. The standard InChI is InChI=1S/C22H21FIN5O2S/c1-22(2)8-13-17(19(30)28-12-4-6-16(25)26-9-12)21(32-18(13)20(31)27-10-22)29-15-5-3-11(24)7-14(15)23/h3-7,9,29H,8,10H2,1-2H3,(H2,25,26)(H,27,31)(H,28,30). The number of aromatic nitrogens is 1. The van der Waals surface area contributed by atoms with Crippen molar-refractivity contribution in [2.45, 2.75) is 20.3 Å². The van der Waals surface area contributed by atoms with E-state index in [4.69, 9.17) is 5.73 Å². The lowest BCUT2D eigenvalue weighted by Gasteiger charge is -2.22. The van der Waals surface area contributed by atoms with Gasteiger partial charge in [0.25, 0.3) is 11.8 Å². The van der Waals surface area contributed by atoms with Gasteiger partial charge in [-0.1, -0.05) is 13.8 Å². The molecule has 0 saturated heterocycles. The number of carbonyl (C=O) groups is 2. The van der Waals surface area contributed by atoms with Crippen molar-refractivity contribution in [3.63, 3.8) is 0 Å². The van der Waals surface area contributed by atoms with Gasteiger partial charge in [-0.2, -0.15) is 0 Å². The average molecular weight is 565 g/mol. The fourth-order valence-corrected chi connectivity index (χ4v) is 5.07. The van der Waals surface area contributed by atoms with Crippen LogP contribution in [0.2, 0.25) is 0 Å². The first-order chi connectivity index (χ1) is 15.1. The highest BCUT2D eigenvalue weighted by Gasteiger charge is 2.34. The first-order valence-electron chi connectivity index (χ1n) is 9.82. The number of anilines is 4. The number of nitrogen functional groups attached to an aromatic ring is 1. The monoisotopic (exact) mass is 565 g/mol. The first kappa shape index (κ1) is 22.5. The molecule has 2 aromatic heterocycles. The van der Waals surface area contributed by atoms with Crippen molar-refractivity contribution in [3.8, 4) is 0 Å². The van der Waals surface area contributed by atoms with Crippen LogP contribution in [-0.4, -0.2) is 23.3 Å². The van der Waals surface area contributed by atoms with Gasteiger partial charge in [0.05, 0.1) is 28.0 Å². The summed E-state index contributed by atoms with van der Waals surface area (Å²) in [6, 6.07) is 8.00. The molecule has 1 aliphatic rings. The predicted molar refractivity (Wildman–Crippen MR) is 133 cm³/mol. The van der Waals surface area contributed by atoms with Crippen molar-refractivity contribution in [2.24, 2.45) is 5.41 Å². The number of hydrogen-bond donors (Lipinski definition) is 4. The van der Waals surface area contributed by atoms with E-state index >= 15 is 0 Å². The zero-order valence-corrected chi connectivity index (χ0v) is 20.4. The van der Waals surface area contributed by atoms with Crippen LogP contribution in [0.5, 0.6) is 0 Å². The number of amides is 2. The minimum absolute atomic E-state index is 0.227. The minimum atomic E-state index is -0.445. The summed E-state index contributed by atoms with van der Waals surface area (Å²) in [5.74, 6) is -0.760. The largest absolute Gasteiger partial charge is 0.384 e. The lowest BCUT2D eigenvalue weighted by molar-refractivity contribution is 0.0948. The highest BCUT2D eigenvalue weighted by Crippen LogP contribution is 2.41. The van der Waals surface area contributed by atoms with Crippen LogP contribution < -0.4 is 21.7 Å². The molecular weight excluding hydrogens is 544 g/mol. The third-order valence-electron chi connectivity index (χ3n) is 5.05. The van der Waals surface area contributed by atoms with Crippen LogP contribution in [0.15, 0.2) is 36.5 Å². The number of halogens is 2. The van der Waals surface area contributed by atoms with Crippen LogP contribution in [0.1, 0.15) is 39.4 Å². The molecule has 1 aromatic carbocycles. The highest BCUT2D eigenvalue weighted by molar-refractivity contribution is 14.1. The molecule has 166 valence electrons. The zero-order chi connectivity index (χ0) is 23.0. The molecule has 0 unspecified atom stereocenters. The molecule has 32 heavy (non-hydrogen) atoms. The van der Waals surface area contributed by atoms with Crippen molar-refractivity contribution in [3.05, 3.63) is 61.9 Å². The van der Waals surface area contributed by atoms with E-state index in [2.05, 4.69) is 20.9 Å². The second kappa shape index (κ2) is 8.66. The molecule has 2 amide bonds. The molecule has 0 radical (unpaired) electrons. The van der Waals surface area contributed by atoms with Crippen molar-refractivity contribution in [1.82, 2.24) is 10.3 Å². The van der Waals surface area contributed by atoms with Crippen LogP contribution >= 0.6 is 33.9 Å². The summed E-state index contributed by atoms with van der Waals surface area (Å²) in [6.07, 6.45) is 1.97. The van der Waals surface area contributed by atoms with E-state index in [-0.39, 0.29) is 17.0 Å². The summed E-state index contributed by atoms with van der Waals surface area (Å²) in [5, 5.41) is 9.18. The number of benzene rings is 1. The molecule has 10 heteroatoms. The number of pyridine rings is 1. The van der Waals surface area contributed by atoms with Gasteiger partial charge in [0.1, 0.15) is 16.6 Å². The molecular formula is C22H21FIN5O2S. The SMILES string of the molecule is CC1(C)CNC(=O)c2sc(Nc3ccc(I)cc3F)c(C(=O)Nc3ccc(N)nc3)c2C1. The van der Waals surface area contributed by atoms with Crippen LogP contribution in [0, 0.1) is 14.8 Å². The third-order valence-corrected chi connectivity index (χ3v) is 6.86. The Morgan fingerprint density at radius 3 is 2.78 bits per heavy atom. The molecule has 0 atom stereocenters. The number of nitrogens with one attached hydrogen (secondary N) is 3. The lowest BCUT2D eigenvalue weighted by Crippen LogP contribution is -2.31. The average Bonchev–Trinajstić information content (AvgIpc) is 3.02. The Kier molecular flexibility index (Phi) is 6.08. The quantitative estimate of drug-likeness (QED) is 0.341. The van der Waals surface area contributed by atoms with E-state index in [0.29, 0.717) is 45.5 Å². The second-order valence-electron chi connectivity index (χ2n) is 8.31. The number of thiophene rings is 1. The number of carbonyl (C=O) groups excluding carboxylic acids is 2. The van der Waals surface area contributed by atoms with Gasteiger partial charge in [-0.15, -0.1) is 11.3 Å². The molecule has 0 spiro atoms. The summed E-state index contributed by atoms with van der Waals surface area (Å²) in [7, 11) is 0. The highest BCUT2D eigenvalue weighted by atomic mass is 127. The van der Waals surface area contributed by atoms with Gasteiger partial charge in [0, 0.05) is 10.1 Å². The van der Waals surface area contributed by atoms with E-state index < -0.39 is 11.7 Å². The molecule has 5 N–H and O–H groups in total. The van der Waals surface area contributed by atoms with Gasteiger partial charge < -0.3 is 21.7 Å². The Morgan fingerprint density at radius 2 is 2.09 bits per heavy atom. The lowest BCUT2D eigenvalue weighted by atomic mass is 9.85. The Bertz CT molecular complexity index is 1210. The maximum atomic E-state index is 14.5. The minimum Gasteiger partial charge on any atom is -0.384 e. The van der Waals surface area contributed by atoms with Crippen LogP contribution in [-0.2, 0) is 6.42 Å². The van der Waals surface area contributed by atoms with Crippen molar-refractivity contribution in [1.29, 1.82) is 0 Å². The fraction of sp³-hybridized carbons (Fsp3) is 0.227. The third kappa shape index (κ3) is 4.70. The Hall–Kier alpha value is -2.73. The van der Waals surface area contributed by atoms with Gasteiger partial charge in [-0.3, -0.25) is 9.59 Å². The van der Waals surface area contributed by atoms with E-state index in [1.54, 1.807) is 24.3 Å². The van der Waals surface area contributed by atoms with Crippen LogP contribution in [0.25, 0.3) is 0 Å². The predicted octanol–water partition coefficient (Wildman–Crippen LogP) is 4.78. The zero-order valence-electron chi connectivity index (χ0n) is 17.4. The van der Waals surface area contributed by atoms with Gasteiger partial charge in [-0.25, -0.2) is 9.37 Å². The van der Waals surface area contributed by atoms with Gasteiger partial charge >= 0.3 is 0 Å². The van der Waals surface area contributed by atoms with Crippen molar-refractivity contribution < 1.29 is 14.0 Å². The van der Waals surface area contributed by atoms with Gasteiger partial charge in [-0.05, 0) is 70.3 Å². The fourth-order valence-electron chi connectivity index (χ4n) is 3.47. The number of hydrogen-bond acceptors (Lipinski definition) is 6. The molecule has 3 aromatic rings. The summed E-state index contributed by atoms with van der Waals surface area (Å²) in [5.41, 5.74) is 7.03. The van der Waals surface area contributed by atoms with E-state index in [1.807, 2.05) is 36.4 Å². The second-order valence-corrected chi connectivity index (χ2v) is 10.6. The number of rotatable bonds is 4. The number of nitrogens with zero attached hydrogens (tertiary/aromatic N) is 1. The Labute approximate surface area is 202 Å². The Balaban J connectivity index is 1.80. The molecule has 0 fully saturated rings. The molecule has 4 rings (SSSR count). The summed E-state index contributed by atoms with van der Waals surface area (Å²) < 4.78 is 15.3. The number of fused-ring (bicyclic) bond motifs is 1. The maximum absolute atomic E-state index is 14.5. The molecule has 3 heterocycles. The molecule has 0 bridgehead atoms. The summed E-state index contributed by atoms with van der Waals surface area (Å²) in [6.45, 7) is 4.54. The van der Waals surface area contributed by atoms with E-state index in [9.17, 15) is 14.0 Å². The summed E-state index contributed by atoms with van der Waals surface area (Å²) in [4.78, 5) is 30.6. The van der Waals surface area contributed by atoms with Crippen molar-refractivity contribution in [2.75, 3.05) is 22.9 Å². The molecule has 0 saturated carbocycles. The van der Waals surface area contributed by atoms with Gasteiger partial charge in [0.2, 0.25) is 0 Å². The number of nitrogens with two attached hydrogens (primary N) is 1. The van der Waals surface area contributed by atoms with Crippen LogP contribution in [0.4, 0.5) is 26.6 Å². The van der Waals surface area contributed by atoms with Crippen LogP contribution in [0.3, 0.4) is 0 Å². The Morgan fingerprint density at radius 1 is 1.31 bits per heavy atom. The molecule has 0 aliphatic carbocycles. The smallest absolute Gasteiger partial charge is 0.261 e. The summed E-state index contributed by atoms with van der Waals surface area (Å²) >= 11 is 3.17. The van der Waals surface area contributed by atoms with E-state index in [1.165, 1.54) is 12.3 Å². The molecule has 7 nitrogen and oxygen atoms in total. The van der Waals surface area contributed by atoms with E-state index in [0.717, 1.165) is 14.9 Å². The van der Waals surface area contributed by atoms with Gasteiger partial charge in [0.15, 0.2) is 0 Å². The topological polar surface area (TPSA) is 109 Å². The molecule has 1 aliphatic heterocycles. The normalized spacial score (nSPS) is 14.8.